The van der Waals surface area contributed by atoms with Gasteiger partial charge < -0.3 is 5.32 Å². The number of amides is 1. The van der Waals surface area contributed by atoms with Crippen LogP contribution in [0.5, 0.6) is 0 Å². The minimum absolute atomic E-state index is 0.0447. The summed E-state index contributed by atoms with van der Waals surface area (Å²) in [6.07, 6.45) is 1.56. The minimum Gasteiger partial charge on any atom is -0.303 e. The fourth-order valence-electron chi connectivity index (χ4n) is 1.10. The molecule has 1 aromatic carbocycles. The Morgan fingerprint density at radius 3 is 2.94 bits per heavy atom. The predicted octanol–water partition coefficient (Wildman–Crippen LogP) is 1.89. The Hall–Kier alpha value is -1.33. The van der Waals surface area contributed by atoms with E-state index in [9.17, 15) is 4.79 Å². The van der Waals surface area contributed by atoms with Gasteiger partial charge in [0, 0.05) is 10.6 Å². The van der Waals surface area contributed by atoms with Gasteiger partial charge in [-0.1, -0.05) is 41.6 Å². The topological polar surface area (TPSA) is 53.8 Å². The van der Waals surface area contributed by atoms with Gasteiger partial charge in [0.05, 0.1) is 12.0 Å². The number of carbonyl (C=O) groups excluding carboxylic acids is 1. The fraction of sp³-hybridized carbons (Fsp3) is 0.100. The lowest BCUT2D eigenvalue weighted by molar-refractivity contribution is -0.116. The maximum Gasteiger partial charge on any atom is 0.236 e. The number of rotatable bonds is 2. The van der Waals surface area contributed by atoms with Crippen molar-refractivity contribution in [3.05, 3.63) is 34.9 Å². The van der Waals surface area contributed by atoms with Gasteiger partial charge in [0.25, 0.3) is 0 Å². The third-order valence-corrected chi connectivity index (χ3v) is 3.04. The lowest BCUT2D eigenvalue weighted by Crippen LogP contribution is -2.19. The van der Waals surface area contributed by atoms with E-state index in [2.05, 4.69) is 15.5 Å². The summed E-state index contributed by atoms with van der Waals surface area (Å²) in [7, 11) is 0. The van der Waals surface area contributed by atoms with Crippen LogP contribution in [0.2, 0.25) is 5.02 Å². The molecule has 0 atom stereocenters. The summed E-state index contributed by atoms with van der Waals surface area (Å²) in [5.41, 5.74) is 0.794. The molecule has 0 radical (unpaired) electrons. The van der Waals surface area contributed by atoms with Crippen molar-refractivity contribution in [2.45, 2.75) is 0 Å². The highest BCUT2D eigenvalue weighted by molar-refractivity contribution is 8.15. The highest BCUT2D eigenvalue weighted by Crippen LogP contribution is 2.13. The summed E-state index contributed by atoms with van der Waals surface area (Å²) < 4.78 is 0. The second kappa shape index (κ2) is 5.14. The van der Waals surface area contributed by atoms with Gasteiger partial charge in [0.1, 0.15) is 0 Å². The molecule has 0 bridgehead atoms. The van der Waals surface area contributed by atoms with Crippen LogP contribution in [-0.2, 0) is 4.79 Å². The highest BCUT2D eigenvalue weighted by atomic mass is 35.5. The maximum atomic E-state index is 10.9. The Morgan fingerprint density at radius 2 is 2.25 bits per heavy atom. The monoisotopic (exact) mass is 253 g/mol. The molecule has 0 spiro atoms. The predicted molar refractivity (Wildman–Crippen MR) is 67.1 cm³/mol. The van der Waals surface area contributed by atoms with E-state index in [1.165, 1.54) is 11.8 Å². The van der Waals surface area contributed by atoms with Crippen LogP contribution >= 0.6 is 23.4 Å². The third-order valence-electron chi connectivity index (χ3n) is 1.84. The van der Waals surface area contributed by atoms with E-state index in [4.69, 9.17) is 11.6 Å². The first-order chi connectivity index (χ1) is 7.75. The molecule has 1 aliphatic rings. The first-order valence-electron chi connectivity index (χ1n) is 4.54. The molecular formula is C10H8ClN3OS. The van der Waals surface area contributed by atoms with Crippen LogP contribution in [0, 0.1) is 0 Å². The molecule has 16 heavy (non-hydrogen) atoms. The van der Waals surface area contributed by atoms with Gasteiger partial charge >= 0.3 is 0 Å². The first kappa shape index (κ1) is 11.2. The molecule has 1 amide bonds. The van der Waals surface area contributed by atoms with E-state index in [0.29, 0.717) is 15.9 Å². The number of hydrogen-bond acceptors (Lipinski definition) is 4. The van der Waals surface area contributed by atoms with Crippen LogP contribution in [0.15, 0.2) is 34.5 Å². The molecule has 0 aliphatic carbocycles. The smallest absolute Gasteiger partial charge is 0.236 e. The Kier molecular flexibility index (Phi) is 3.58. The van der Waals surface area contributed by atoms with E-state index in [1.54, 1.807) is 12.3 Å². The van der Waals surface area contributed by atoms with Crippen LogP contribution in [0.3, 0.4) is 0 Å². The Bertz CT molecular complexity index is 473. The molecule has 6 heteroatoms. The van der Waals surface area contributed by atoms with E-state index in [0.717, 1.165) is 5.56 Å². The molecular weight excluding hydrogens is 246 g/mol. The summed E-state index contributed by atoms with van der Waals surface area (Å²) >= 11 is 7.26. The Balaban J connectivity index is 2.05. The van der Waals surface area contributed by atoms with Crippen molar-refractivity contribution >= 4 is 40.7 Å². The molecule has 1 saturated heterocycles. The van der Waals surface area contributed by atoms with E-state index >= 15 is 0 Å². The standard InChI is InChI=1S/C10H8ClN3OS/c11-8-4-2-1-3-7(8)5-12-14-10-13-9(15)6-16-10/h1-5H,6H2,(H,13,14,15)/b12-5+. The second-order valence-corrected chi connectivity index (χ2v) is 4.38. The summed E-state index contributed by atoms with van der Waals surface area (Å²) in [6, 6.07) is 7.33. The summed E-state index contributed by atoms with van der Waals surface area (Å²) in [6.45, 7) is 0. The average Bonchev–Trinajstić information content (AvgIpc) is 2.67. The van der Waals surface area contributed by atoms with Crippen LogP contribution in [-0.4, -0.2) is 23.0 Å². The number of hydrogen-bond donors (Lipinski definition) is 1. The van der Waals surface area contributed by atoms with Crippen LogP contribution in [0.25, 0.3) is 0 Å². The number of carbonyl (C=O) groups is 1. The molecule has 2 rings (SSSR count). The van der Waals surface area contributed by atoms with E-state index in [-0.39, 0.29) is 5.91 Å². The Labute approximate surface area is 102 Å². The van der Waals surface area contributed by atoms with Gasteiger partial charge in [0.15, 0.2) is 5.17 Å². The lowest BCUT2D eigenvalue weighted by atomic mass is 10.2. The van der Waals surface area contributed by atoms with Crippen molar-refractivity contribution in [1.29, 1.82) is 0 Å². The fourth-order valence-corrected chi connectivity index (χ4v) is 1.92. The van der Waals surface area contributed by atoms with Crippen molar-refractivity contribution in [3.63, 3.8) is 0 Å². The number of thioether (sulfide) groups is 1. The molecule has 1 heterocycles. The van der Waals surface area contributed by atoms with Gasteiger partial charge in [-0.25, -0.2) is 0 Å². The lowest BCUT2D eigenvalue weighted by Gasteiger charge is -1.94. The molecule has 1 aromatic rings. The molecule has 0 unspecified atom stereocenters. The quantitative estimate of drug-likeness (QED) is 0.646. The molecule has 1 fully saturated rings. The number of halogens is 1. The van der Waals surface area contributed by atoms with Crippen molar-refractivity contribution in [2.24, 2.45) is 10.2 Å². The molecule has 1 N–H and O–H groups in total. The maximum absolute atomic E-state index is 10.9. The normalized spacial score (nSPS) is 18.3. The number of amidine groups is 1. The molecule has 0 saturated carbocycles. The van der Waals surface area contributed by atoms with Gasteiger partial charge in [-0.2, -0.15) is 5.10 Å². The zero-order chi connectivity index (χ0) is 11.4. The number of nitrogens with one attached hydrogen (secondary N) is 1. The number of nitrogens with zero attached hydrogens (tertiary/aromatic N) is 2. The molecule has 1 aliphatic heterocycles. The first-order valence-corrected chi connectivity index (χ1v) is 5.90. The average molecular weight is 254 g/mol. The third kappa shape index (κ3) is 2.84. The molecule has 82 valence electrons. The van der Waals surface area contributed by atoms with Crippen LogP contribution in [0.1, 0.15) is 5.56 Å². The van der Waals surface area contributed by atoms with Gasteiger partial charge in [-0.15, -0.1) is 5.10 Å². The van der Waals surface area contributed by atoms with Crippen LogP contribution in [0.4, 0.5) is 0 Å². The Morgan fingerprint density at radius 1 is 1.44 bits per heavy atom. The minimum atomic E-state index is -0.0447. The highest BCUT2D eigenvalue weighted by Gasteiger charge is 2.15. The van der Waals surface area contributed by atoms with Crippen molar-refractivity contribution < 1.29 is 4.79 Å². The second-order valence-electron chi connectivity index (χ2n) is 3.01. The van der Waals surface area contributed by atoms with E-state index < -0.39 is 0 Å². The summed E-state index contributed by atoms with van der Waals surface area (Å²) in [5, 5.41) is 11.5. The summed E-state index contributed by atoms with van der Waals surface area (Å²) in [5.74, 6) is 0.358. The SMILES string of the molecule is O=C1CS/C(=N/N=C/c2ccccc2Cl)N1. The van der Waals surface area contributed by atoms with Gasteiger partial charge in [-0.05, 0) is 6.07 Å². The van der Waals surface area contributed by atoms with Crippen molar-refractivity contribution in [3.8, 4) is 0 Å². The van der Waals surface area contributed by atoms with E-state index in [1.807, 2.05) is 18.2 Å². The molecule has 4 nitrogen and oxygen atoms in total. The zero-order valence-corrected chi connectivity index (χ0v) is 9.76. The summed E-state index contributed by atoms with van der Waals surface area (Å²) in [4.78, 5) is 10.9. The van der Waals surface area contributed by atoms with Crippen molar-refractivity contribution in [2.75, 3.05) is 5.75 Å². The largest absolute Gasteiger partial charge is 0.303 e. The number of benzene rings is 1. The van der Waals surface area contributed by atoms with Crippen molar-refractivity contribution in [1.82, 2.24) is 5.32 Å². The molecule has 0 aromatic heterocycles. The van der Waals surface area contributed by atoms with Gasteiger partial charge in [0.2, 0.25) is 5.91 Å². The van der Waals surface area contributed by atoms with Gasteiger partial charge in [-0.3, -0.25) is 4.79 Å². The van der Waals surface area contributed by atoms with Crippen LogP contribution < -0.4 is 5.32 Å². The zero-order valence-electron chi connectivity index (χ0n) is 8.18.